The number of carbonyl (C=O) groups excluding carboxylic acids is 1. The molecule has 11 heteroatoms. The Kier molecular flexibility index (Phi) is 6.49. The van der Waals surface area contributed by atoms with Gasteiger partial charge in [0, 0.05) is 67.6 Å². The van der Waals surface area contributed by atoms with Gasteiger partial charge in [-0.25, -0.2) is 17.8 Å². The van der Waals surface area contributed by atoms with Crippen LogP contribution >= 0.6 is 0 Å². The summed E-state index contributed by atoms with van der Waals surface area (Å²) < 4.78 is 44.2. The molecule has 3 heterocycles. The number of halogens is 1. The third-order valence-electron chi connectivity index (χ3n) is 8.45. The largest absolute Gasteiger partial charge is 0.357 e. The second-order valence-corrected chi connectivity index (χ2v) is 13.6. The van der Waals surface area contributed by atoms with Crippen LogP contribution in [0.1, 0.15) is 51.5 Å². The van der Waals surface area contributed by atoms with Crippen LogP contribution in [0, 0.1) is 5.82 Å². The monoisotopic (exact) mass is 566 g/mol. The standard InChI is InChI=1S/C29H35FN6O3S/c1-17(2)31-10-11-35(3)27-24(34-40(38,39)19-6-7-19)12-18(15-33-27)20-13-21-23(14-22(20)30)32-16-25-26(21)29(8-5-9-29)28(37)36(25)4/h12-17,19,31,34H,5-11H2,1-4H3. The van der Waals surface area contributed by atoms with Gasteiger partial charge in [-0.15, -0.1) is 0 Å². The second kappa shape index (κ2) is 9.66. The zero-order valence-corrected chi connectivity index (χ0v) is 24.1. The fourth-order valence-corrected chi connectivity index (χ4v) is 7.32. The molecule has 212 valence electrons. The topological polar surface area (TPSA) is 108 Å². The highest BCUT2D eigenvalue weighted by atomic mass is 32.2. The summed E-state index contributed by atoms with van der Waals surface area (Å²) >= 11 is 0. The van der Waals surface area contributed by atoms with Crippen molar-refractivity contribution in [3.05, 3.63) is 42.0 Å². The normalized spacial score (nSPS) is 17.9. The lowest BCUT2D eigenvalue weighted by molar-refractivity contribution is -0.125. The molecule has 0 saturated heterocycles. The van der Waals surface area contributed by atoms with Crippen LogP contribution < -0.4 is 19.8 Å². The van der Waals surface area contributed by atoms with Crippen molar-refractivity contribution in [2.24, 2.45) is 0 Å². The number of pyridine rings is 2. The van der Waals surface area contributed by atoms with E-state index in [4.69, 9.17) is 0 Å². The molecule has 6 rings (SSSR count). The van der Waals surface area contributed by atoms with Gasteiger partial charge in [0.2, 0.25) is 15.9 Å². The molecule has 2 fully saturated rings. The Morgan fingerprint density at radius 2 is 1.93 bits per heavy atom. The zero-order valence-electron chi connectivity index (χ0n) is 23.3. The molecule has 1 aromatic carbocycles. The van der Waals surface area contributed by atoms with E-state index in [1.165, 1.54) is 6.07 Å². The quantitative estimate of drug-likeness (QED) is 0.400. The summed E-state index contributed by atoms with van der Waals surface area (Å²) in [6.07, 6.45) is 6.97. The highest BCUT2D eigenvalue weighted by Gasteiger charge is 2.54. The highest BCUT2D eigenvalue weighted by Crippen LogP contribution is 2.55. The summed E-state index contributed by atoms with van der Waals surface area (Å²) in [4.78, 5) is 25.9. The fraction of sp³-hybridized carbons (Fsp3) is 0.483. The van der Waals surface area contributed by atoms with Gasteiger partial charge in [-0.05, 0) is 37.8 Å². The van der Waals surface area contributed by atoms with Crippen LogP contribution in [0.5, 0.6) is 0 Å². The minimum absolute atomic E-state index is 0.0618. The zero-order chi connectivity index (χ0) is 28.4. The van der Waals surface area contributed by atoms with Crippen LogP contribution in [0.3, 0.4) is 0 Å². The van der Waals surface area contributed by atoms with E-state index in [1.54, 1.807) is 36.5 Å². The number of hydrogen-bond acceptors (Lipinski definition) is 7. The molecule has 9 nitrogen and oxygen atoms in total. The van der Waals surface area contributed by atoms with E-state index in [0.717, 1.165) is 35.9 Å². The summed E-state index contributed by atoms with van der Waals surface area (Å²) in [6, 6.07) is 5.12. The van der Waals surface area contributed by atoms with Crippen molar-refractivity contribution < 1.29 is 17.6 Å². The first-order valence-corrected chi connectivity index (χ1v) is 15.4. The fourth-order valence-electron chi connectivity index (χ4n) is 5.94. The van der Waals surface area contributed by atoms with Crippen LogP contribution in [0.4, 0.5) is 21.6 Å². The average molecular weight is 567 g/mol. The Hall–Kier alpha value is -3.31. The number of anilines is 3. The van der Waals surface area contributed by atoms with Crippen molar-refractivity contribution in [2.75, 3.05) is 41.7 Å². The van der Waals surface area contributed by atoms with E-state index in [9.17, 15) is 13.2 Å². The van der Waals surface area contributed by atoms with E-state index in [2.05, 4.69) is 33.9 Å². The van der Waals surface area contributed by atoms with Gasteiger partial charge in [0.15, 0.2) is 5.82 Å². The van der Waals surface area contributed by atoms with Gasteiger partial charge in [0.05, 0.1) is 33.8 Å². The van der Waals surface area contributed by atoms with Crippen LogP contribution in [-0.2, 0) is 20.2 Å². The first-order chi connectivity index (χ1) is 19.0. The lowest BCUT2D eigenvalue weighted by Crippen LogP contribution is -2.43. The van der Waals surface area contributed by atoms with Crippen LogP contribution in [-0.4, -0.2) is 62.8 Å². The summed E-state index contributed by atoms with van der Waals surface area (Å²) in [7, 11) is 0.0370. The summed E-state index contributed by atoms with van der Waals surface area (Å²) in [5.41, 5.74) is 2.63. The predicted octanol–water partition coefficient (Wildman–Crippen LogP) is 4.17. The van der Waals surface area contributed by atoms with Crippen molar-refractivity contribution in [2.45, 2.75) is 62.7 Å². The maximum absolute atomic E-state index is 15.6. The Morgan fingerprint density at radius 3 is 2.58 bits per heavy atom. The number of nitrogens with zero attached hydrogens (tertiary/aromatic N) is 4. The maximum Gasteiger partial charge on any atom is 0.237 e. The summed E-state index contributed by atoms with van der Waals surface area (Å²) in [5, 5.41) is 3.68. The highest BCUT2D eigenvalue weighted by molar-refractivity contribution is 7.93. The van der Waals surface area contributed by atoms with Crippen molar-refractivity contribution in [1.29, 1.82) is 0 Å². The number of fused-ring (bicyclic) bond motifs is 4. The van der Waals surface area contributed by atoms with Crippen molar-refractivity contribution >= 4 is 44.0 Å². The van der Waals surface area contributed by atoms with Crippen molar-refractivity contribution in [3.63, 3.8) is 0 Å². The molecule has 0 unspecified atom stereocenters. The van der Waals surface area contributed by atoms with Gasteiger partial charge in [-0.3, -0.25) is 14.5 Å². The second-order valence-electron chi connectivity index (χ2n) is 11.6. The minimum atomic E-state index is -3.58. The number of aromatic nitrogens is 2. The number of amides is 1. The Balaban J connectivity index is 1.44. The van der Waals surface area contributed by atoms with Crippen LogP contribution in [0.25, 0.3) is 22.0 Å². The molecule has 40 heavy (non-hydrogen) atoms. The first-order valence-electron chi connectivity index (χ1n) is 13.9. The molecule has 2 N–H and O–H groups in total. The number of hydrogen-bond donors (Lipinski definition) is 2. The summed E-state index contributed by atoms with van der Waals surface area (Å²) in [5.74, 6) is 0.0509. The van der Waals surface area contributed by atoms with E-state index < -0.39 is 26.5 Å². The van der Waals surface area contributed by atoms with E-state index in [0.29, 0.717) is 54.6 Å². The van der Waals surface area contributed by atoms with Crippen molar-refractivity contribution in [1.82, 2.24) is 15.3 Å². The number of sulfonamides is 1. The Labute approximate surface area is 234 Å². The van der Waals surface area contributed by atoms with Gasteiger partial charge in [-0.2, -0.15) is 0 Å². The molecule has 3 aromatic rings. The predicted molar refractivity (Wildman–Crippen MR) is 156 cm³/mol. The molecule has 1 amide bonds. The van der Waals surface area contributed by atoms with Gasteiger partial charge in [0.25, 0.3) is 0 Å². The lowest BCUT2D eigenvalue weighted by atomic mass is 9.64. The van der Waals surface area contributed by atoms with Gasteiger partial charge < -0.3 is 15.1 Å². The third kappa shape index (κ3) is 4.39. The molecular formula is C29H35FN6O3S. The molecule has 1 spiro atoms. The molecule has 0 radical (unpaired) electrons. The van der Waals surface area contributed by atoms with Crippen LogP contribution in [0.2, 0.25) is 0 Å². The molecule has 2 aromatic heterocycles. The van der Waals surface area contributed by atoms with Gasteiger partial charge in [0.1, 0.15) is 5.82 Å². The summed E-state index contributed by atoms with van der Waals surface area (Å²) in [6.45, 7) is 5.42. The lowest BCUT2D eigenvalue weighted by Gasteiger charge is -2.37. The van der Waals surface area contributed by atoms with E-state index >= 15 is 4.39 Å². The number of rotatable bonds is 9. The SMILES string of the molecule is CC(C)NCCN(C)c1ncc(-c2cc3c4c(cnc3cc2F)N(C)C(=O)C42CCC2)cc1NS(=O)(=O)C1CC1. The average Bonchev–Trinajstić information content (AvgIpc) is 3.70. The molecule has 2 saturated carbocycles. The Bertz CT molecular complexity index is 1620. The third-order valence-corrected chi connectivity index (χ3v) is 10.3. The number of likely N-dealkylation sites (N-methyl/N-ethyl adjacent to an activating group) is 2. The van der Waals surface area contributed by atoms with E-state index in [1.807, 2.05) is 11.9 Å². The number of nitrogens with one attached hydrogen (secondary N) is 2. The van der Waals surface area contributed by atoms with Crippen LogP contribution in [0.15, 0.2) is 30.6 Å². The number of carbonyl (C=O) groups is 1. The smallest absolute Gasteiger partial charge is 0.237 e. The molecule has 0 atom stereocenters. The van der Waals surface area contributed by atoms with Crippen molar-refractivity contribution in [3.8, 4) is 11.1 Å². The van der Waals surface area contributed by atoms with Gasteiger partial charge in [-0.1, -0.05) is 20.3 Å². The van der Waals surface area contributed by atoms with Gasteiger partial charge >= 0.3 is 0 Å². The Morgan fingerprint density at radius 1 is 1.18 bits per heavy atom. The maximum atomic E-state index is 15.6. The minimum Gasteiger partial charge on any atom is -0.357 e. The molecular weight excluding hydrogens is 531 g/mol. The molecule has 1 aliphatic heterocycles. The first kappa shape index (κ1) is 26.9. The molecule has 0 bridgehead atoms. The van der Waals surface area contributed by atoms with E-state index in [-0.39, 0.29) is 11.5 Å². The molecule has 3 aliphatic rings. The molecule has 2 aliphatic carbocycles. The number of benzene rings is 1.